The zero-order chi connectivity index (χ0) is 9.97. The zero-order valence-corrected chi connectivity index (χ0v) is 8.76. The summed E-state index contributed by atoms with van der Waals surface area (Å²) < 4.78 is 5.03. The third-order valence-corrected chi connectivity index (χ3v) is 3.01. The van der Waals surface area contributed by atoms with E-state index in [0.717, 1.165) is 18.4 Å². The molecule has 0 aromatic carbocycles. The lowest BCUT2D eigenvalue weighted by atomic mass is 9.91. The SMILES string of the molecule is NC(C1=CCCCC1)c1ccoc1Cl. The van der Waals surface area contributed by atoms with Gasteiger partial charge in [-0.25, -0.2) is 0 Å². The molecule has 2 N–H and O–H groups in total. The van der Waals surface area contributed by atoms with E-state index in [1.54, 1.807) is 6.26 Å². The highest BCUT2D eigenvalue weighted by molar-refractivity contribution is 6.29. The maximum atomic E-state index is 6.10. The zero-order valence-electron chi connectivity index (χ0n) is 8.00. The molecule has 0 saturated heterocycles. The predicted octanol–water partition coefficient (Wildman–Crippen LogP) is 3.43. The van der Waals surface area contributed by atoms with Crippen LogP contribution in [-0.2, 0) is 0 Å². The summed E-state index contributed by atoms with van der Waals surface area (Å²) in [5, 5.41) is 0.420. The van der Waals surface area contributed by atoms with Gasteiger partial charge >= 0.3 is 0 Å². The molecule has 0 spiro atoms. The van der Waals surface area contributed by atoms with Crippen LogP contribution in [0, 0.1) is 0 Å². The highest BCUT2D eigenvalue weighted by Crippen LogP contribution is 2.32. The number of furan rings is 1. The molecule has 14 heavy (non-hydrogen) atoms. The van der Waals surface area contributed by atoms with Crippen molar-refractivity contribution >= 4 is 11.6 Å². The standard InChI is InChI=1S/C11H14ClNO/c12-11-9(6-7-14-11)10(13)8-4-2-1-3-5-8/h4,6-7,10H,1-3,5,13H2. The van der Waals surface area contributed by atoms with Crippen LogP contribution in [0.25, 0.3) is 0 Å². The largest absolute Gasteiger partial charge is 0.453 e. The number of nitrogens with two attached hydrogens (primary N) is 1. The van der Waals surface area contributed by atoms with Crippen LogP contribution >= 0.6 is 11.6 Å². The van der Waals surface area contributed by atoms with Crippen molar-refractivity contribution in [1.29, 1.82) is 0 Å². The molecule has 2 nitrogen and oxygen atoms in total. The number of hydrogen-bond donors (Lipinski definition) is 1. The second-order valence-electron chi connectivity index (χ2n) is 3.65. The smallest absolute Gasteiger partial charge is 0.198 e. The molecule has 1 unspecified atom stereocenters. The van der Waals surface area contributed by atoms with Gasteiger partial charge in [0.25, 0.3) is 0 Å². The molecule has 1 aliphatic rings. The maximum Gasteiger partial charge on any atom is 0.198 e. The van der Waals surface area contributed by atoms with Gasteiger partial charge in [-0.15, -0.1) is 0 Å². The molecule has 1 heterocycles. The van der Waals surface area contributed by atoms with Crippen molar-refractivity contribution < 1.29 is 4.42 Å². The molecule has 76 valence electrons. The molecular formula is C11H14ClNO. The molecule has 2 rings (SSSR count). The van der Waals surface area contributed by atoms with Crippen molar-refractivity contribution in [2.75, 3.05) is 0 Å². The molecule has 0 bridgehead atoms. The van der Waals surface area contributed by atoms with Crippen LogP contribution in [0.1, 0.15) is 37.3 Å². The van der Waals surface area contributed by atoms with Crippen molar-refractivity contribution in [1.82, 2.24) is 0 Å². The first-order valence-electron chi connectivity index (χ1n) is 4.96. The van der Waals surface area contributed by atoms with Crippen LogP contribution in [-0.4, -0.2) is 0 Å². The van der Waals surface area contributed by atoms with E-state index in [4.69, 9.17) is 21.8 Å². The van der Waals surface area contributed by atoms with Gasteiger partial charge in [0, 0.05) is 5.56 Å². The highest BCUT2D eigenvalue weighted by atomic mass is 35.5. The lowest BCUT2D eigenvalue weighted by Gasteiger charge is -2.18. The van der Waals surface area contributed by atoms with Crippen LogP contribution in [0.15, 0.2) is 28.4 Å². The van der Waals surface area contributed by atoms with Gasteiger partial charge in [0.05, 0.1) is 12.3 Å². The Morgan fingerprint density at radius 2 is 2.29 bits per heavy atom. The van der Waals surface area contributed by atoms with Crippen molar-refractivity contribution in [3.8, 4) is 0 Å². The quantitative estimate of drug-likeness (QED) is 0.762. The monoisotopic (exact) mass is 211 g/mol. The molecular weight excluding hydrogens is 198 g/mol. The fourth-order valence-corrected chi connectivity index (χ4v) is 2.10. The Bertz CT molecular complexity index is 343. The molecule has 0 fully saturated rings. The Labute approximate surface area is 88.7 Å². The van der Waals surface area contributed by atoms with Gasteiger partial charge in [0.2, 0.25) is 0 Å². The molecule has 0 aliphatic heterocycles. The minimum atomic E-state index is -0.0819. The highest BCUT2D eigenvalue weighted by Gasteiger charge is 2.17. The Morgan fingerprint density at radius 1 is 1.43 bits per heavy atom. The lowest BCUT2D eigenvalue weighted by molar-refractivity contribution is 0.561. The van der Waals surface area contributed by atoms with Crippen molar-refractivity contribution in [2.24, 2.45) is 5.73 Å². The van der Waals surface area contributed by atoms with Crippen molar-refractivity contribution in [2.45, 2.75) is 31.7 Å². The summed E-state index contributed by atoms with van der Waals surface area (Å²) in [6.07, 6.45) is 8.55. The van der Waals surface area contributed by atoms with Gasteiger partial charge < -0.3 is 10.2 Å². The molecule has 1 aliphatic carbocycles. The van der Waals surface area contributed by atoms with Crippen LogP contribution < -0.4 is 5.73 Å². The number of hydrogen-bond acceptors (Lipinski definition) is 2. The van der Waals surface area contributed by atoms with E-state index in [-0.39, 0.29) is 6.04 Å². The lowest BCUT2D eigenvalue weighted by Crippen LogP contribution is -2.14. The summed E-state index contributed by atoms with van der Waals surface area (Å²) in [4.78, 5) is 0. The molecule has 0 radical (unpaired) electrons. The summed E-state index contributed by atoms with van der Waals surface area (Å²) in [5.74, 6) is 0. The van der Waals surface area contributed by atoms with Crippen LogP contribution in [0.5, 0.6) is 0 Å². The molecule has 3 heteroatoms. The second kappa shape index (κ2) is 4.20. The van der Waals surface area contributed by atoms with E-state index in [1.807, 2.05) is 6.07 Å². The fraction of sp³-hybridized carbons (Fsp3) is 0.455. The Morgan fingerprint density at radius 3 is 2.86 bits per heavy atom. The minimum absolute atomic E-state index is 0.0819. The molecule has 1 atom stereocenters. The first kappa shape index (κ1) is 9.81. The fourth-order valence-electron chi connectivity index (χ4n) is 1.87. The van der Waals surface area contributed by atoms with Gasteiger partial charge in [-0.2, -0.15) is 0 Å². The van der Waals surface area contributed by atoms with Crippen LogP contribution in [0.3, 0.4) is 0 Å². The van der Waals surface area contributed by atoms with Gasteiger partial charge in [0.1, 0.15) is 0 Å². The first-order valence-corrected chi connectivity index (χ1v) is 5.34. The molecule has 0 saturated carbocycles. The summed E-state index contributed by atoms with van der Waals surface area (Å²) in [5.41, 5.74) is 8.30. The van der Waals surface area contributed by atoms with Gasteiger partial charge in [-0.3, -0.25) is 0 Å². The number of rotatable bonds is 2. The normalized spacial score (nSPS) is 19.1. The summed E-state index contributed by atoms with van der Waals surface area (Å²) in [6.45, 7) is 0. The van der Waals surface area contributed by atoms with E-state index in [0.29, 0.717) is 5.22 Å². The van der Waals surface area contributed by atoms with Gasteiger partial charge in [0.15, 0.2) is 5.22 Å². The molecule has 0 amide bonds. The summed E-state index contributed by atoms with van der Waals surface area (Å²) in [6, 6.07) is 1.77. The Kier molecular flexibility index (Phi) is 2.94. The average molecular weight is 212 g/mol. The second-order valence-corrected chi connectivity index (χ2v) is 4.00. The molecule has 1 aromatic rings. The van der Waals surface area contributed by atoms with E-state index in [9.17, 15) is 0 Å². The predicted molar refractivity (Wildman–Crippen MR) is 57.2 cm³/mol. The van der Waals surface area contributed by atoms with Crippen molar-refractivity contribution in [3.05, 3.63) is 34.8 Å². The third kappa shape index (κ3) is 1.86. The third-order valence-electron chi connectivity index (χ3n) is 2.71. The maximum absolute atomic E-state index is 6.10. The van der Waals surface area contributed by atoms with E-state index >= 15 is 0 Å². The number of allylic oxidation sites excluding steroid dienone is 1. The van der Waals surface area contributed by atoms with Gasteiger partial charge in [-0.05, 0) is 43.4 Å². The Hall–Kier alpha value is -0.730. The Balaban J connectivity index is 2.19. The summed E-state index contributed by atoms with van der Waals surface area (Å²) >= 11 is 5.88. The minimum Gasteiger partial charge on any atom is -0.453 e. The van der Waals surface area contributed by atoms with Crippen LogP contribution in [0.2, 0.25) is 5.22 Å². The number of halogens is 1. The summed E-state index contributed by atoms with van der Waals surface area (Å²) in [7, 11) is 0. The first-order chi connectivity index (χ1) is 6.79. The van der Waals surface area contributed by atoms with Gasteiger partial charge in [-0.1, -0.05) is 11.6 Å². The topological polar surface area (TPSA) is 39.2 Å². The van der Waals surface area contributed by atoms with Crippen LogP contribution in [0.4, 0.5) is 0 Å². The van der Waals surface area contributed by atoms with Crippen molar-refractivity contribution in [3.63, 3.8) is 0 Å². The average Bonchev–Trinajstić information content (AvgIpc) is 2.65. The van der Waals surface area contributed by atoms with E-state index in [2.05, 4.69) is 6.08 Å². The molecule has 1 aromatic heterocycles. The van der Waals surface area contributed by atoms with E-state index < -0.39 is 0 Å². The van der Waals surface area contributed by atoms with E-state index in [1.165, 1.54) is 18.4 Å².